The van der Waals surface area contributed by atoms with Crippen molar-refractivity contribution >= 4 is 51.2 Å². The van der Waals surface area contributed by atoms with E-state index in [9.17, 15) is 10.4 Å². The van der Waals surface area contributed by atoms with Crippen LogP contribution in [0.15, 0.2) is 79.1 Å². The number of nitrogens with one attached hydrogen (secondary N) is 2. The summed E-state index contributed by atoms with van der Waals surface area (Å²) in [5.74, 6) is 0. The molecule has 2 aromatic heterocycles. The maximum absolute atomic E-state index is 10.9. The molecule has 0 aliphatic carbocycles. The van der Waals surface area contributed by atoms with Crippen molar-refractivity contribution in [3.05, 3.63) is 106 Å². The summed E-state index contributed by atoms with van der Waals surface area (Å²) >= 11 is 12.9. The van der Waals surface area contributed by atoms with Crippen molar-refractivity contribution < 1.29 is 5.11 Å². The van der Waals surface area contributed by atoms with E-state index in [1.807, 2.05) is 54.7 Å². The lowest BCUT2D eigenvalue weighted by Crippen LogP contribution is -2.44. The number of aliphatic hydroxyl groups is 1. The summed E-state index contributed by atoms with van der Waals surface area (Å²) in [6, 6.07) is 22.5. The monoisotopic (exact) mass is 612 g/mol. The summed E-state index contributed by atoms with van der Waals surface area (Å²) in [6.07, 6.45) is 3.70. The van der Waals surface area contributed by atoms with Crippen LogP contribution in [0.2, 0.25) is 10.0 Å². The number of anilines is 3. The second kappa shape index (κ2) is 12.6. The second-order valence-corrected chi connectivity index (χ2v) is 11.4. The van der Waals surface area contributed by atoms with Crippen LogP contribution in [0.5, 0.6) is 0 Å². The number of benzene rings is 3. The standard InChI is InChI=1S/C32H30Cl2N8O/c1-2-41-12-11-28(29(43)19-41)42-18-27(39-40-42)31(20-7-4-3-5-8-20)38-26-15-23(34)14-25-30(21(16-35)17-36-32(25)26)37-24-10-6-9-22(33)13-24/h3-10,13-15,17-18,28-29,31,38,43H,2,11-12,19H2,1H3,(H,36,37)/t28-,29-,31+/m1/s1. The minimum absolute atomic E-state index is 0.154. The van der Waals surface area contributed by atoms with Crippen LogP contribution < -0.4 is 10.6 Å². The van der Waals surface area contributed by atoms with Gasteiger partial charge in [-0.05, 0) is 48.9 Å². The van der Waals surface area contributed by atoms with Crippen LogP contribution in [0.4, 0.5) is 17.1 Å². The van der Waals surface area contributed by atoms with Crippen LogP contribution in [0.3, 0.4) is 0 Å². The lowest BCUT2D eigenvalue weighted by molar-refractivity contribution is 0.0242. The van der Waals surface area contributed by atoms with Crippen LogP contribution in [-0.4, -0.2) is 55.7 Å². The fourth-order valence-electron chi connectivity index (χ4n) is 5.60. The number of nitriles is 1. The molecule has 1 fully saturated rings. The van der Waals surface area contributed by atoms with E-state index in [1.54, 1.807) is 29.1 Å². The van der Waals surface area contributed by atoms with E-state index in [0.29, 0.717) is 50.1 Å². The highest BCUT2D eigenvalue weighted by atomic mass is 35.5. The van der Waals surface area contributed by atoms with Gasteiger partial charge in [0.15, 0.2) is 0 Å². The number of hydrogen-bond donors (Lipinski definition) is 3. The van der Waals surface area contributed by atoms with Crippen molar-refractivity contribution in [2.24, 2.45) is 0 Å². The van der Waals surface area contributed by atoms with E-state index < -0.39 is 12.1 Å². The third kappa shape index (κ3) is 6.14. The number of likely N-dealkylation sites (tertiary alicyclic amines) is 1. The molecule has 1 aliphatic rings. The van der Waals surface area contributed by atoms with Gasteiger partial charge >= 0.3 is 0 Å². The summed E-state index contributed by atoms with van der Waals surface area (Å²) in [5.41, 5.74) is 4.64. The van der Waals surface area contributed by atoms with Gasteiger partial charge in [-0.3, -0.25) is 4.98 Å². The van der Waals surface area contributed by atoms with Crippen molar-refractivity contribution in [3.8, 4) is 6.07 Å². The molecule has 0 bridgehead atoms. The molecule has 5 aromatic rings. The Hall–Kier alpha value is -4.20. The minimum Gasteiger partial charge on any atom is -0.390 e. The smallest absolute Gasteiger partial charge is 0.109 e. The zero-order valence-corrected chi connectivity index (χ0v) is 25.0. The molecule has 0 radical (unpaired) electrons. The first kappa shape index (κ1) is 28.9. The van der Waals surface area contributed by atoms with Crippen LogP contribution in [0.25, 0.3) is 10.9 Å². The molecule has 3 heterocycles. The van der Waals surface area contributed by atoms with E-state index in [4.69, 9.17) is 23.2 Å². The third-order valence-corrected chi connectivity index (χ3v) is 8.28. The maximum Gasteiger partial charge on any atom is 0.109 e. The maximum atomic E-state index is 10.9. The normalized spacial score (nSPS) is 17.8. The third-order valence-electron chi connectivity index (χ3n) is 7.82. The van der Waals surface area contributed by atoms with Gasteiger partial charge in [0.25, 0.3) is 0 Å². The van der Waals surface area contributed by atoms with Crippen LogP contribution in [0, 0.1) is 11.3 Å². The predicted octanol–water partition coefficient (Wildman–Crippen LogP) is 6.58. The quantitative estimate of drug-likeness (QED) is 0.180. The zero-order chi connectivity index (χ0) is 29.9. The van der Waals surface area contributed by atoms with Crippen molar-refractivity contribution in [2.45, 2.75) is 31.5 Å². The molecule has 0 unspecified atom stereocenters. The molecular formula is C32H30Cl2N8O. The summed E-state index contributed by atoms with van der Waals surface area (Å²) < 4.78 is 1.78. The van der Waals surface area contributed by atoms with Crippen LogP contribution >= 0.6 is 23.2 Å². The molecule has 43 heavy (non-hydrogen) atoms. The molecule has 11 heteroatoms. The predicted molar refractivity (Wildman–Crippen MR) is 170 cm³/mol. The van der Waals surface area contributed by atoms with E-state index in [1.165, 1.54) is 0 Å². The van der Waals surface area contributed by atoms with Gasteiger partial charge in [0.2, 0.25) is 0 Å². The molecule has 9 nitrogen and oxygen atoms in total. The zero-order valence-electron chi connectivity index (χ0n) is 23.5. The molecule has 3 aromatic carbocycles. The highest BCUT2D eigenvalue weighted by molar-refractivity contribution is 6.32. The van der Waals surface area contributed by atoms with Gasteiger partial charge in [0.1, 0.15) is 11.8 Å². The number of likely N-dealkylation sites (N-methyl/N-ethyl adjacent to an activating group) is 1. The number of nitrogens with zero attached hydrogens (tertiary/aromatic N) is 6. The molecule has 1 saturated heterocycles. The average molecular weight is 614 g/mol. The van der Waals surface area contributed by atoms with E-state index in [0.717, 1.165) is 30.8 Å². The van der Waals surface area contributed by atoms with Gasteiger partial charge in [-0.15, -0.1) is 5.10 Å². The van der Waals surface area contributed by atoms with Crippen molar-refractivity contribution in [2.75, 3.05) is 30.3 Å². The van der Waals surface area contributed by atoms with Gasteiger partial charge in [-0.25, -0.2) is 4.68 Å². The Morgan fingerprint density at radius 2 is 1.93 bits per heavy atom. The Morgan fingerprint density at radius 1 is 1.09 bits per heavy atom. The van der Waals surface area contributed by atoms with Gasteiger partial charge in [0.05, 0.1) is 46.8 Å². The molecule has 1 aliphatic heterocycles. The summed E-state index contributed by atoms with van der Waals surface area (Å²) in [5, 5.41) is 38.4. The summed E-state index contributed by atoms with van der Waals surface area (Å²) in [7, 11) is 0. The largest absolute Gasteiger partial charge is 0.390 e. The van der Waals surface area contributed by atoms with Gasteiger partial charge in [0, 0.05) is 40.4 Å². The Morgan fingerprint density at radius 3 is 2.67 bits per heavy atom. The van der Waals surface area contributed by atoms with E-state index in [-0.39, 0.29) is 6.04 Å². The minimum atomic E-state index is -0.535. The molecule has 3 N–H and O–H groups in total. The number of aliphatic hydroxyl groups excluding tert-OH is 1. The molecule has 0 spiro atoms. The van der Waals surface area contributed by atoms with Crippen molar-refractivity contribution in [1.29, 1.82) is 5.26 Å². The summed E-state index contributed by atoms with van der Waals surface area (Å²) in [6.45, 7) is 4.50. The first-order chi connectivity index (χ1) is 20.9. The van der Waals surface area contributed by atoms with E-state index in [2.05, 4.69) is 43.8 Å². The second-order valence-electron chi connectivity index (χ2n) is 10.6. The number of aromatic nitrogens is 4. The Kier molecular flexibility index (Phi) is 8.45. The number of pyridine rings is 1. The lowest BCUT2D eigenvalue weighted by Gasteiger charge is -2.35. The number of halogens is 2. The number of β-amino-alcohol motifs (C(OH)–C–C–N with tert-alkyl or cyclic N) is 1. The number of piperidine rings is 1. The van der Waals surface area contributed by atoms with Crippen LogP contribution in [-0.2, 0) is 0 Å². The van der Waals surface area contributed by atoms with Crippen molar-refractivity contribution in [1.82, 2.24) is 24.9 Å². The average Bonchev–Trinajstić information content (AvgIpc) is 3.50. The lowest BCUT2D eigenvalue weighted by atomic mass is 10.0. The molecule has 6 rings (SSSR count). The van der Waals surface area contributed by atoms with Crippen LogP contribution in [0.1, 0.15) is 42.2 Å². The van der Waals surface area contributed by atoms with E-state index >= 15 is 0 Å². The molecule has 0 saturated carbocycles. The first-order valence-electron chi connectivity index (χ1n) is 14.1. The SMILES string of the molecule is CCN1CC[C@@H](n2cc([C@@H](Nc3cc(Cl)cc4c(Nc5cccc(Cl)c5)c(C#N)cnc34)c3ccccc3)nn2)[C@H](O)C1. The Balaban J connectivity index is 1.40. The summed E-state index contributed by atoms with van der Waals surface area (Å²) in [4.78, 5) is 6.90. The van der Waals surface area contributed by atoms with Crippen molar-refractivity contribution in [3.63, 3.8) is 0 Å². The fourth-order valence-corrected chi connectivity index (χ4v) is 6.01. The highest BCUT2D eigenvalue weighted by Gasteiger charge is 2.30. The molecule has 3 atom stereocenters. The molecule has 0 amide bonds. The number of hydrogen-bond acceptors (Lipinski definition) is 8. The Labute approximate surface area is 259 Å². The molecule has 218 valence electrons. The van der Waals surface area contributed by atoms with Gasteiger partial charge < -0.3 is 20.6 Å². The van der Waals surface area contributed by atoms with Gasteiger partial charge in [-0.2, -0.15) is 5.26 Å². The fraction of sp³-hybridized carbons (Fsp3) is 0.250. The number of fused-ring (bicyclic) bond motifs is 1. The Bertz CT molecular complexity index is 1790. The topological polar surface area (TPSA) is 115 Å². The first-order valence-corrected chi connectivity index (χ1v) is 14.9. The number of rotatable bonds is 8. The molecular weight excluding hydrogens is 583 g/mol. The van der Waals surface area contributed by atoms with Gasteiger partial charge in [-0.1, -0.05) is 71.7 Å². The highest BCUT2D eigenvalue weighted by Crippen LogP contribution is 2.37.